The quantitative estimate of drug-likeness (QED) is 0.613. The Morgan fingerprint density at radius 1 is 1.61 bits per heavy atom. The summed E-state index contributed by atoms with van der Waals surface area (Å²) in [7, 11) is 0. The van der Waals surface area contributed by atoms with Crippen molar-refractivity contribution in [2.75, 3.05) is 0 Å². The fourth-order valence-electron chi connectivity index (χ4n) is 1.36. The summed E-state index contributed by atoms with van der Waals surface area (Å²) >= 11 is 0. The molecule has 1 heterocycles. The highest BCUT2D eigenvalue weighted by Gasteiger charge is 2.21. The summed E-state index contributed by atoms with van der Waals surface area (Å²) in [5.74, 6) is -1.16. The number of aliphatic carboxylic acids is 1. The van der Waals surface area contributed by atoms with Gasteiger partial charge in [-0.25, -0.2) is 9.78 Å². The van der Waals surface area contributed by atoms with Gasteiger partial charge < -0.3 is 10.4 Å². The van der Waals surface area contributed by atoms with Crippen LogP contribution in [0.1, 0.15) is 36.2 Å². The fourth-order valence-corrected chi connectivity index (χ4v) is 1.36. The Bertz CT molecular complexity index is 441. The van der Waals surface area contributed by atoms with Crippen LogP contribution < -0.4 is 5.32 Å². The van der Waals surface area contributed by atoms with Gasteiger partial charge in [0, 0.05) is 6.42 Å². The molecule has 1 aromatic heterocycles. The highest BCUT2D eigenvalue weighted by atomic mass is 16.4. The van der Waals surface area contributed by atoms with E-state index in [1.54, 1.807) is 0 Å². The predicted molar refractivity (Wildman–Crippen MR) is 64.1 cm³/mol. The number of nitrogens with one attached hydrogen (secondary N) is 2. The number of amides is 1. The lowest BCUT2D eigenvalue weighted by Gasteiger charge is -2.10. The molecule has 1 atom stereocenters. The highest BCUT2D eigenvalue weighted by Crippen LogP contribution is 1.99. The number of aryl methyl sites for hydroxylation is 1. The molecule has 7 heteroatoms. The van der Waals surface area contributed by atoms with E-state index in [9.17, 15) is 9.59 Å². The third-order valence-electron chi connectivity index (χ3n) is 2.23. The van der Waals surface area contributed by atoms with E-state index in [-0.39, 0.29) is 12.2 Å². The number of aromatic nitrogens is 3. The second-order valence-corrected chi connectivity index (χ2v) is 3.74. The van der Waals surface area contributed by atoms with Crippen molar-refractivity contribution in [3.63, 3.8) is 0 Å². The van der Waals surface area contributed by atoms with Crippen LogP contribution in [0.4, 0.5) is 0 Å². The van der Waals surface area contributed by atoms with Crippen molar-refractivity contribution >= 4 is 11.9 Å². The number of nitrogens with zero attached hydrogens (tertiary/aromatic N) is 2. The number of carboxylic acids is 1. The van der Waals surface area contributed by atoms with Gasteiger partial charge in [-0.15, -0.1) is 11.7 Å². The summed E-state index contributed by atoms with van der Waals surface area (Å²) in [6, 6.07) is -1.01. The molecule has 0 saturated carbocycles. The lowest BCUT2D eigenvalue weighted by Crippen LogP contribution is -2.40. The zero-order valence-electron chi connectivity index (χ0n) is 10.1. The minimum Gasteiger partial charge on any atom is -0.480 e. The van der Waals surface area contributed by atoms with Crippen LogP contribution in [0.5, 0.6) is 0 Å². The first-order chi connectivity index (χ1) is 8.58. The first-order valence-corrected chi connectivity index (χ1v) is 5.64. The fraction of sp³-hybridized carbons (Fsp3) is 0.455. The van der Waals surface area contributed by atoms with Crippen molar-refractivity contribution < 1.29 is 14.7 Å². The van der Waals surface area contributed by atoms with E-state index >= 15 is 0 Å². The van der Waals surface area contributed by atoms with Gasteiger partial charge in [0.1, 0.15) is 11.9 Å². The van der Waals surface area contributed by atoms with Crippen LogP contribution >= 0.6 is 0 Å². The first-order valence-electron chi connectivity index (χ1n) is 5.64. The van der Waals surface area contributed by atoms with Gasteiger partial charge in [-0.05, 0) is 12.8 Å². The molecule has 1 aromatic rings. The van der Waals surface area contributed by atoms with Crippen LogP contribution in [0.15, 0.2) is 12.7 Å². The number of hydrogen-bond acceptors (Lipinski definition) is 4. The van der Waals surface area contributed by atoms with Crippen LogP contribution in [0.2, 0.25) is 0 Å². The maximum atomic E-state index is 11.7. The number of carbonyl (C=O) groups excluding carboxylic acids is 1. The Balaban J connectivity index is 2.67. The van der Waals surface area contributed by atoms with Gasteiger partial charge in [-0.2, -0.15) is 0 Å². The molecule has 0 radical (unpaired) electrons. The second kappa shape index (κ2) is 6.53. The number of carboxylic acid groups (broad SMARTS) is 1. The molecule has 18 heavy (non-hydrogen) atoms. The van der Waals surface area contributed by atoms with Crippen molar-refractivity contribution in [2.45, 2.75) is 32.2 Å². The Morgan fingerprint density at radius 2 is 2.33 bits per heavy atom. The van der Waals surface area contributed by atoms with Gasteiger partial charge in [-0.1, -0.05) is 13.0 Å². The second-order valence-electron chi connectivity index (χ2n) is 3.74. The van der Waals surface area contributed by atoms with Gasteiger partial charge in [0.25, 0.3) is 5.91 Å². The van der Waals surface area contributed by atoms with E-state index in [2.05, 4.69) is 27.1 Å². The Labute approximate surface area is 104 Å². The number of hydrogen-bond donors (Lipinski definition) is 3. The lowest BCUT2D eigenvalue weighted by atomic mass is 10.2. The smallest absolute Gasteiger partial charge is 0.326 e. The maximum absolute atomic E-state index is 11.7. The van der Waals surface area contributed by atoms with Crippen LogP contribution in [-0.2, 0) is 11.2 Å². The molecular formula is C11H16N4O3. The van der Waals surface area contributed by atoms with Crippen LogP contribution in [0.25, 0.3) is 0 Å². The molecule has 0 aliphatic heterocycles. The molecule has 0 bridgehead atoms. The summed E-state index contributed by atoms with van der Waals surface area (Å²) in [6.45, 7) is 5.42. The average Bonchev–Trinajstić information content (AvgIpc) is 2.77. The van der Waals surface area contributed by atoms with Crippen molar-refractivity contribution in [1.82, 2.24) is 20.5 Å². The van der Waals surface area contributed by atoms with Gasteiger partial charge in [0.15, 0.2) is 0 Å². The van der Waals surface area contributed by atoms with Gasteiger partial charge in [0.2, 0.25) is 5.82 Å². The molecule has 3 N–H and O–H groups in total. The summed E-state index contributed by atoms with van der Waals surface area (Å²) in [5.41, 5.74) is 0. The lowest BCUT2D eigenvalue weighted by molar-refractivity contribution is -0.139. The summed E-state index contributed by atoms with van der Waals surface area (Å²) in [5, 5.41) is 17.6. The first kappa shape index (κ1) is 13.9. The largest absolute Gasteiger partial charge is 0.480 e. The standard InChI is InChI=1S/C11H16N4O3/c1-3-5-7(11(17)18)12-10(16)9-13-8(6-4-2)14-15-9/h3,7H,1,4-6H2,2H3,(H,12,16)(H,17,18)(H,13,14,15). The van der Waals surface area contributed by atoms with Gasteiger partial charge in [0.05, 0.1) is 0 Å². The van der Waals surface area contributed by atoms with Crippen LogP contribution in [-0.4, -0.2) is 38.2 Å². The molecule has 7 nitrogen and oxygen atoms in total. The predicted octanol–water partition coefficient (Wildman–Crippen LogP) is 0.516. The third-order valence-corrected chi connectivity index (χ3v) is 2.23. The highest BCUT2D eigenvalue weighted by molar-refractivity contribution is 5.93. The van der Waals surface area contributed by atoms with Crippen LogP contribution in [0.3, 0.4) is 0 Å². The zero-order valence-corrected chi connectivity index (χ0v) is 10.1. The normalized spacial score (nSPS) is 11.8. The molecule has 1 amide bonds. The third kappa shape index (κ3) is 3.69. The molecule has 1 unspecified atom stereocenters. The van der Waals surface area contributed by atoms with Gasteiger partial charge in [-0.3, -0.25) is 9.89 Å². The minimum atomic E-state index is -1.12. The molecule has 0 fully saturated rings. The zero-order chi connectivity index (χ0) is 13.5. The minimum absolute atomic E-state index is 0.0474. The summed E-state index contributed by atoms with van der Waals surface area (Å²) < 4.78 is 0. The van der Waals surface area contributed by atoms with E-state index in [0.717, 1.165) is 6.42 Å². The van der Waals surface area contributed by atoms with Crippen molar-refractivity contribution in [3.8, 4) is 0 Å². The molecule has 0 spiro atoms. The molecular weight excluding hydrogens is 236 g/mol. The van der Waals surface area contributed by atoms with Crippen molar-refractivity contribution in [1.29, 1.82) is 0 Å². The molecule has 0 aliphatic carbocycles. The monoisotopic (exact) mass is 252 g/mol. The van der Waals surface area contributed by atoms with Crippen molar-refractivity contribution in [2.24, 2.45) is 0 Å². The van der Waals surface area contributed by atoms with E-state index in [4.69, 9.17) is 5.11 Å². The van der Waals surface area contributed by atoms with Gasteiger partial charge >= 0.3 is 5.97 Å². The number of H-pyrrole nitrogens is 1. The number of rotatable bonds is 7. The maximum Gasteiger partial charge on any atom is 0.326 e. The average molecular weight is 252 g/mol. The van der Waals surface area contributed by atoms with E-state index < -0.39 is 17.9 Å². The molecule has 1 rings (SSSR count). The molecule has 0 aliphatic rings. The summed E-state index contributed by atoms with van der Waals surface area (Å²) in [4.78, 5) is 26.5. The summed E-state index contributed by atoms with van der Waals surface area (Å²) in [6.07, 6.45) is 3.15. The Kier molecular flexibility index (Phi) is 5.04. The molecule has 98 valence electrons. The Morgan fingerprint density at radius 3 is 2.89 bits per heavy atom. The topological polar surface area (TPSA) is 108 Å². The van der Waals surface area contributed by atoms with Crippen molar-refractivity contribution in [3.05, 3.63) is 24.3 Å². The van der Waals surface area contributed by atoms with E-state index in [1.807, 2.05) is 6.92 Å². The Hall–Kier alpha value is -2.18. The van der Waals surface area contributed by atoms with E-state index in [1.165, 1.54) is 6.08 Å². The van der Waals surface area contributed by atoms with E-state index in [0.29, 0.717) is 12.2 Å². The number of carbonyl (C=O) groups is 2. The van der Waals surface area contributed by atoms with Crippen LogP contribution in [0, 0.1) is 0 Å². The molecule has 0 saturated heterocycles. The SMILES string of the molecule is C=CCC(NC(=O)c1n[nH]c(CCC)n1)C(=O)O. The molecule has 0 aromatic carbocycles. The number of aromatic amines is 1.